The highest BCUT2D eigenvalue weighted by atomic mass is 32.2. The molecule has 0 aliphatic heterocycles. The Morgan fingerprint density at radius 2 is 1.39 bits per heavy atom. The van der Waals surface area contributed by atoms with Crippen molar-refractivity contribution in [2.24, 2.45) is 5.73 Å². The van der Waals surface area contributed by atoms with Gasteiger partial charge in [-0.25, -0.2) is 13.2 Å². The van der Waals surface area contributed by atoms with E-state index in [-0.39, 0.29) is 22.7 Å². The Morgan fingerprint density at radius 3 is 2.02 bits per heavy atom. The van der Waals surface area contributed by atoms with Gasteiger partial charge in [0, 0.05) is 34.8 Å². The molecule has 4 aromatic carbocycles. The highest BCUT2D eigenvalue weighted by Crippen LogP contribution is 2.27. The number of amides is 3. The molecular weight excluding hydrogens is 540 g/mol. The SMILES string of the molecule is CC(Nc1ccccc1NC(=O)Nc1ccc(C(=N)N)cc1)c1ccc(C(=O)Nc2cccc(S(C)(=O)=O)c2)cc1. The number of sulfone groups is 1. The van der Waals surface area contributed by atoms with Crippen molar-refractivity contribution in [3.05, 3.63) is 114 Å². The zero-order valence-corrected chi connectivity index (χ0v) is 23.3. The summed E-state index contributed by atoms with van der Waals surface area (Å²) < 4.78 is 23.6. The number of carbonyl (C=O) groups excluding carboxylic acids is 2. The third kappa shape index (κ3) is 7.70. The minimum absolute atomic E-state index is 0.0507. The topological polar surface area (TPSA) is 166 Å². The van der Waals surface area contributed by atoms with Gasteiger partial charge in [0.05, 0.1) is 16.3 Å². The number of urea groups is 1. The summed E-state index contributed by atoms with van der Waals surface area (Å²) in [6.07, 6.45) is 1.11. The Hall–Kier alpha value is -5.16. The quantitative estimate of drug-likeness (QED) is 0.116. The first-order chi connectivity index (χ1) is 19.5. The fourth-order valence-corrected chi connectivity index (χ4v) is 4.65. The zero-order chi connectivity index (χ0) is 29.6. The third-order valence-corrected chi connectivity index (χ3v) is 7.30. The van der Waals surface area contributed by atoms with E-state index in [0.717, 1.165) is 11.8 Å². The number of hydrogen-bond acceptors (Lipinski definition) is 6. The van der Waals surface area contributed by atoms with Gasteiger partial charge in [0.1, 0.15) is 5.84 Å². The van der Waals surface area contributed by atoms with Crippen LogP contribution in [0.4, 0.5) is 27.5 Å². The standard InChI is InChI=1S/C30H30N6O4S/c1-19(20-10-12-22(13-11-20)29(37)34-24-6-5-7-25(18-24)41(2,39)40)33-26-8-3-4-9-27(26)36-30(38)35-23-16-14-21(15-17-23)28(31)32/h3-19,33H,1-2H3,(H3,31,32)(H,34,37)(H2,35,36,38). The number of rotatable bonds is 9. The van der Waals surface area contributed by atoms with Crippen LogP contribution in [0.15, 0.2) is 102 Å². The molecule has 210 valence electrons. The van der Waals surface area contributed by atoms with E-state index in [1.165, 1.54) is 12.1 Å². The van der Waals surface area contributed by atoms with Crippen LogP contribution in [-0.4, -0.2) is 32.4 Å². The Kier molecular flexibility index (Phi) is 8.69. The van der Waals surface area contributed by atoms with Gasteiger partial charge in [-0.05, 0) is 79.2 Å². The van der Waals surface area contributed by atoms with E-state index in [2.05, 4.69) is 21.3 Å². The largest absolute Gasteiger partial charge is 0.384 e. The minimum Gasteiger partial charge on any atom is -0.384 e. The maximum Gasteiger partial charge on any atom is 0.323 e. The normalized spacial score (nSPS) is 11.7. The summed E-state index contributed by atoms with van der Waals surface area (Å²) in [5.74, 6) is -0.412. The van der Waals surface area contributed by atoms with Crippen molar-refractivity contribution in [2.75, 3.05) is 27.5 Å². The molecular formula is C30H30N6O4S. The molecule has 41 heavy (non-hydrogen) atoms. The number of nitrogens with two attached hydrogens (primary N) is 1. The van der Waals surface area contributed by atoms with Crippen molar-refractivity contribution in [2.45, 2.75) is 17.9 Å². The first kappa shape index (κ1) is 28.8. The van der Waals surface area contributed by atoms with Gasteiger partial charge in [-0.3, -0.25) is 10.2 Å². The number of hydrogen-bond donors (Lipinski definition) is 6. The third-order valence-electron chi connectivity index (χ3n) is 6.19. The summed E-state index contributed by atoms with van der Waals surface area (Å²) in [6.45, 7) is 1.96. The fraction of sp³-hybridized carbons (Fsp3) is 0.100. The fourth-order valence-electron chi connectivity index (χ4n) is 3.98. The van der Waals surface area contributed by atoms with Gasteiger partial charge in [-0.15, -0.1) is 0 Å². The Balaban J connectivity index is 1.38. The highest BCUT2D eigenvalue weighted by molar-refractivity contribution is 7.90. The Labute approximate surface area is 238 Å². The summed E-state index contributed by atoms with van der Waals surface area (Å²) >= 11 is 0. The molecule has 0 bridgehead atoms. The lowest BCUT2D eigenvalue weighted by molar-refractivity contribution is 0.102. The average Bonchev–Trinajstić information content (AvgIpc) is 2.94. The molecule has 0 spiro atoms. The van der Waals surface area contributed by atoms with E-state index in [4.69, 9.17) is 11.1 Å². The molecule has 10 nitrogen and oxygen atoms in total. The van der Waals surface area contributed by atoms with Gasteiger partial charge in [0.15, 0.2) is 9.84 Å². The lowest BCUT2D eigenvalue weighted by Crippen LogP contribution is -2.21. The Morgan fingerprint density at radius 1 is 0.756 bits per heavy atom. The van der Waals surface area contributed by atoms with Crippen molar-refractivity contribution in [3.8, 4) is 0 Å². The van der Waals surface area contributed by atoms with Gasteiger partial charge < -0.3 is 27.0 Å². The molecule has 0 saturated carbocycles. The van der Waals surface area contributed by atoms with Gasteiger partial charge in [-0.2, -0.15) is 0 Å². The summed E-state index contributed by atoms with van der Waals surface area (Å²) in [5.41, 5.74) is 9.58. The van der Waals surface area contributed by atoms with E-state index in [9.17, 15) is 18.0 Å². The zero-order valence-electron chi connectivity index (χ0n) is 22.4. The van der Waals surface area contributed by atoms with Crippen LogP contribution in [-0.2, 0) is 9.84 Å². The van der Waals surface area contributed by atoms with Crippen molar-refractivity contribution in [3.63, 3.8) is 0 Å². The van der Waals surface area contributed by atoms with E-state index in [0.29, 0.717) is 33.9 Å². The number of carbonyl (C=O) groups is 2. The summed E-state index contributed by atoms with van der Waals surface area (Å²) in [5, 5.41) is 19.2. The minimum atomic E-state index is -3.39. The second kappa shape index (κ2) is 12.3. The van der Waals surface area contributed by atoms with Crippen LogP contribution in [0.2, 0.25) is 0 Å². The number of nitrogens with one attached hydrogen (secondary N) is 5. The first-order valence-electron chi connectivity index (χ1n) is 12.6. The van der Waals surface area contributed by atoms with Crippen LogP contribution in [0.25, 0.3) is 0 Å². The number of amidine groups is 1. The predicted molar refractivity (Wildman–Crippen MR) is 163 cm³/mol. The van der Waals surface area contributed by atoms with Gasteiger partial charge in [0.2, 0.25) is 0 Å². The van der Waals surface area contributed by atoms with Crippen LogP contribution in [0.3, 0.4) is 0 Å². The molecule has 0 saturated heterocycles. The molecule has 0 aromatic heterocycles. The molecule has 4 rings (SSSR count). The molecule has 3 amide bonds. The van der Waals surface area contributed by atoms with Crippen LogP contribution < -0.4 is 27.0 Å². The molecule has 1 unspecified atom stereocenters. The second-order valence-corrected chi connectivity index (χ2v) is 11.4. The van der Waals surface area contributed by atoms with Crippen LogP contribution >= 0.6 is 0 Å². The molecule has 7 N–H and O–H groups in total. The van der Waals surface area contributed by atoms with E-state index in [1.54, 1.807) is 54.6 Å². The molecule has 4 aromatic rings. The molecule has 11 heteroatoms. The second-order valence-electron chi connectivity index (χ2n) is 9.36. The van der Waals surface area contributed by atoms with Crippen molar-refractivity contribution in [1.82, 2.24) is 0 Å². The molecule has 0 heterocycles. The van der Waals surface area contributed by atoms with E-state index < -0.39 is 15.9 Å². The van der Waals surface area contributed by atoms with Crippen molar-refractivity contribution >= 4 is 50.4 Å². The number of nitrogen functional groups attached to an aromatic ring is 1. The number of para-hydroxylation sites is 2. The maximum absolute atomic E-state index is 12.7. The molecule has 0 fully saturated rings. The van der Waals surface area contributed by atoms with Crippen molar-refractivity contribution < 1.29 is 18.0 Å². The monoisotopic (exact) mass is 570 g/mol. The van der Waals surface area contributed by atoms with E-state index in [1.807, 2.05) is 37.3 Å². The molecule has 0 aliphatic carbocycles. The molecule has 0 aliphatic rings. The van der Waals surface area contributed by atoms with E-state index >= 15 is 0 Å². The van der Waals surface area contributed by atoms with Gasteiger partial charge in [0.25, 0.3) is 5.91 Å². The molecule has 0 radical (unpaired) electrons. The highest BCUT2D eigenvalue weighted by Gasteiger charge is 2.13. The molecule has 1 atom stereocenters. The number of benzene rings is 4. The lowest BCUT2D eigenvalue weighted by atomic mass is 10.0. The number of anilines is 4. The van der Waals surface area contributed by atoms with Crippen LogP contribution in [0, 0.1) is 5.41 Å². The average molecular weight is 571 g/mol. The summed E-state index contributed by atoms with van der Waals surface area (Å²) in [7, 11) is -3.39. The van der Waals surface area contributed by atoms with Gasteiger partial charge >= 0.3 is 6.03 Å². The van der Waals surface area contributed by atoms with Gasteiger partial charge in [-0.1, -0.05) is 30.3 Å². The van der Waals surface area contributed by atoms with Crippen LogP contribution in [0.5, 0.6) is 0 Å². The summed E-state index contributed by atoms with van der Waals surface area (Å²) in [6, 6.07) is 26.5. The van der Waals surface area contributed by atoms with Crippen LogP contribution in [0.1, 0.15) is 34.5 Å². The Bertz CT molecular complexity index is 1690. The lowest BCUT2D eigenvalue weighted by Gasteiger charge is -2.19. The first-order valence-corrected chi connectivity index (χ1v) is 14.5. The maximum atomic E-state index is 12.7. The van der Waals surface area contributed by atoms with Crippen molar-refractivity contribution in [1.29, 1.82) is 5.41 Å². The summed E-state index contributed by atoms with van der Waals surface area (Å²) in [4.78, 5) is 25.5. The smallest absolute Gasteiger partial charge is 0.323 e. The predicted octanol–water partition coefficient (Wildman–Crippen LogP) is 5.44.